The standard InChI is InChI=1S/C20H23FN2O4S/c21-17-8-10-18(11-9-17)28(26,27)23-12-4-7-16(14-23)20(25)22-13-19(24)15-5-2-1-3-6-15/h1-3,5-6,8-11,16,19,24H,4,7,12-14H2,(H,22,25)/t16-,19+/m0/s1. The second kappa shape index (κ2) is 8.81. The van der Waals surface area contributed by atoms with Crippen molar-refractivity contribution in [3.05, 3.63) is 66.0 Å². The summed E-state index contributed by atoms with van der Waals surface area (Å²) >= 11 is 0. The van der Waals surface area contributed by atoms with Gasteiger partial charge >= 0.3 is 0 Å². The van der Waals surface area contributed by atoms with Crippen LogP contribution in [0.4, 0.5) is 4.39 Å². The molecule has 0 unspecified atom stereocenters. The van der Waals surface area contributed by atoms with E-state index in [2.05, 4.69) is 5.32 Å². The number of aliphatic hydroxyl groups is 1. The van der Waals surface area contributed by atoms with Crippen LogP contribution in [-0.2, 0) is 14.8 Å². The van der Waals surface area contributed by atoms with Crippen LogP contribution in [0.15, 0.2) is 59.5 Å². The molecule has 2 aromatic rings. The monoisotopic (exact) mass is 406 g/mol. The molecule has 2 N–H and O–H groups in total. The van der Waals surface area contributed by atoms with Crippen molar-refractivity contribution >= 4 is 15.9 Å². The van der Waals surface area contributed by atoms with Gasteiger partial charge in [0.1, 0.15) is 5.82 Å². The Kier molecular flexibility index (Phi) is 6.43. The lowest BCUT2D eigenvalue weighted by molar-refractivity contribution is -0.126. The summed E-state index contributed by atoms with van der Waals surface area (Å²) in [6.45, 7) is 0.438. The molecule has 0 saturated carbocycles. The third kappa shape index (κ3) is 4.76. The van der Waals surface area contributed by atoms with Gasteiger partial charge in [-0.05, 0) is 42.7 Å². The predicted octanol–water partition coefficient (Wildman–Crippen LogP) is 2.08. The van der Waals surface area contributed by atoms with E-state index in [9.17, 15) is 22.7 Å². The quantitative estimate of drug-likeness (QED) is 0.769. The van der Waals surface area contributed by atoms with E-state index in [0.29, 0.717) is 24.9 Å². The second-order valence-electron chi connectivity index (χ2n) is 6.83. The average molecular weight is 406 g/mol. The van der Waals surface area contributed by atoms with Crippen LogP contribution in [0.3, 0.4) is 0 Å². The lowest BCUT2D eigenvalue weighted by Gasteiger charge is -2.31. The molecule has 1 heterocycles. The molecule has 1 fully saturated rings. The molecule has 2 atom stereocenters. The molecule has 0 aliphatic carbocycles. The Labute approximate surface area is 164 Å². The highest BCUT2D eigenvalue weighted by molar-refractivity contribution is 7.89. The van der Waals surface area contributed by atoms with Crippen molar-refractivity contribution in [3.63, 3.8) is 0 Å². The molecule has 1 aliphatic heterocycles. The summed E-state index contributed by atoms with van der Waals surface area (Å²) in [7, 11) is -3.78. The zero-order valence-corrected chi connectivity index (χ0v) is 16.1. The van der Waals surface area contributed by atoms with E-state index in [1.165, 1.54) is 16.4 Å². The third-order valence-corrected chi connectivity index (χ3v) is 6.74. The number of benzene rings is 2. The normalized spacial score (nSPS) is 19.1. The highest BCUT2D eigenvalue weighted by atomic mass is 32.2. The van der Waals surface area contributed by atoms with Crippen LogP contribution in [0.25, 0.3) is 0 Å². The average Bonchev–Trinajstić information content (AvgIpc) is 2.72. The van der Waals surface area contributed by atoms with Gasteiger partial charge in [0.2, 0.25) is 15.9 Å². The van der Waals surface area contributed by atoms with Crippen LogP contribution >= 0.6 is 0 Å². The molecule has 0 radical (unpaired) electrons. The van der Waals surface area contributed by atoms with Gasteiger partial charge in [0, 0.05) is 19.6 Å². The van der Waals surface area contributed by atoms with Gasteiger partial charge < -0.3 is 10.4 Å². The number of sulfonamides is 1. The second-order valence-corrected chi connectivity index (χ2v) is 8.77. The zero-order chi connectivity index (χ0) is 20.1. The summed E-state index contributed by atoms with van der Waals surface area (Å²) in [5.41, 5.74) is 0.701. The minimum absolute atomic E-state index is 0.00876. The molecular formula is C20H23FN2O4S. The fraction of sp³-hybridized carbons (Fsp3) is 0.350. The Morgan fingerprint density at radius 3 is 2.54 bits per heavy atom. The van der Waals surface area contributed by atoms with Crippen molar-refractivity contribution < 1.29 is 22.7 Å². The molecular weight excluding hydrogens is 383 g/mol. The maximum Gasteiger partial charge on any atom is 0.243 e. The minimum atomic E-state index is -3.78. The smallest absolute Gasteiger partial charge is 0.243 e. The van der Waals surface area contributed by atoms with Crippen molar-refractivity contribution in [1.29, 1.82) is 0 Å². The van der Waals surface area contributed by atoms with Crippen LogP contribution in [0.2, 0.25) is 0 Å². The molecule has 3 rings (SSSR count). The SMILES string of the molecule is O=C(NC[C@@H](O)c1ccccc1)[C@H]1CCCN(S(=O)(=O)c2ccc(F)cc2)C1. The number of hydrogen-bond acceptors (Lipinski definition) is 4. The lowest BCUT2D eigenvalue weighted by atomic mass is 9.98. The van der Waals surface area contributed by atoms with Crippen molar-refractivity contribution in [2.75, 3.05) is 19.6 Å². The number of carbonyl (C=O) groups excluding carboxylic acids is 1. The molecule has 150 valence electrons. The van der Waals surface area contributed by atoms with E-state index in [1.807, 2.05) is 6.07 Å². The van der Waals surface area contributed by atoms with E-state index < -0.39 is 27.9 Å². The molecule has 28 heavy (non-hydrogen) atoms. The maximum absolute atomic E-state index is 13.1. The largest absolute Gasteiger partial charge is 0.387 e. The van der Waals surface area contributed by atoms with E-state index in [4.69, 9.17) is 0 Å². The van der Waals surface area contributed by atoms with Gasteiger partial charge in [0.05, 0.1) is 16.9 Å². The molecule has 1 aliphatic rings. The number of piperidine rings is 1. The van der Waals surface area contributed by atoms with Crippen molar-refractivity contribution in [1.82, 2.24) is 9.62 Å². The molecule has 0 spiro atoms. The van der Waals surface area contributed by atoms with Crippen LogP contribution in [0.1, 0.15) is 24.5 Å². The number of hydrogen-bond donors (Lipinski definition) is 2. The number of aliphatic hydroxyl groups excluding tert-OH is 1. The number of rotatable bonds is 6. The van der Waals surface area contributed by atoms with Crippen molar-refractivity contribution in [2.24, 2.45) is 5.92 Å². The van der Waals surface area contributed by atoms with E-state index in [0.717, 1.165) is 12.1 Å². The summed E-state index contributed by atoms with van der Waals surface area (Å²) < 4.78 is 39.8. The van der Waals surface area contributed by atoms with Crippen molar-refractivity contribution in [2.45, 2.75) is 23.8 Å². The first-order valence-electron chi connectivity index (χ1n) is 9.14. The Morgan fingerprint density at radius 2 is 1.86 bits per heavy atom. The third-order valence-electron chi connectivity index (χ3n) is 4.86. The fourth-order valence-electron chi connectivity index (χ4n) is 3.27. The molecule has 0 aromatic heterocycles. The van der Waals surface area contributed by atoms with Gasteiger partial charge in [0.25, 0.3) is 0 Å². The van der Waals surface area contributed by atoms with Crippen LogP contribution in [-0.4, -0.2) is 43.4 Å². The molecule has 1 amide bonds. The van der Waals surface area contributed by atoms with Crippen LogP contribution in [0, 0.1) is 11.7 Å². The van der Waals surface area contributed by atoms with E-state index in [-0.39, 0.29) is 23.9 Å². The molecule has 0 bridgehead atoms. The number of nitrogens with one attached hydrogen (secondary N) is 1. The topological polar surface area (TPSA) is 86.7 Å². The molecule has 2 aromatic carbocycles. The first-order valence-corrected chi connectivity index (χ1v) is 10.6. The van der Waals surface area contributed by atoms with Gasteiger partial charge in [0.15, 0.2) is 0 Å². The van der Waals surface area contributed by atoms with Crippen LogP contribution < -0.4 is 5.32 Å². The first kappa shape index (κ1) is 20.4. The van der Waals surface area contributed by atoms with Gasteiger partial charge in [-0.1, -0.05) is 30.3 Å². The van der Waals surface area contributed by atoms with Crippen molar-refractivity contribution in [3.8, 4) is 0 Å². The van der Waals surface area contributed by atoms with Gasteiger partial charge in [-0.3, -0.25) is 4.79 Å². The highest BCUT2D eigenvalue weighted by Crippen LogP contribution is 2.24. The molecule has 1 saturated heterocycles. The number of nitrogens with zero attached hydrogens (tertiary/aromatic N) is 1. The molecule has 6 nitrogen and oxygen atoms in total. The highest BCUT2D eigenvalue weighted by Gasteiger charge is 2.33. The Bertz CT molecular complexity index is 904. The van der Waals surface area contributed by atoms with Crippen LogP contribution in [0.5, 0.6) is 0 Å². The minimum Gasteiger partial charge on any atom is -0.387 e. The Hall–Kier alpha value is -2.29. The number of halogens is 1. The zero-order valence-electron chi connectivity index (χ0n) is 15.3. The summed E-state index contributed by atoms with van der Waals surface area (Å²) in [5.74, 6) is -1.28. The van der Waals surface area contributed by atoms with Gasteiger partial charge in [-0.2, -0.15) is 4.31 Å². The fourth-order valence-corrected chi connectivity index (χ4v) is 4.79. The Balaban J connectivity index is 1.61. The van der Waals surface area contributed by atoms with Gasteiger partial charge in [-0.15, -0.1) is 0 Å². The van der Waals surface area contributed by atoms with E-state index in [1.54, 1.807) is 24.3 Å². The summed E-state index contributed by atoms with van der Waals surface area (Å²) in [6.07, 6.45) is 0.301. The predicted molar refractivity (Wildman–Crippen MR) is 102 cm³/mol. The summed E-state index contributed by atoms with van der Waals surface area (Å²) in [4.78, 5) is 12.5. The maximum atomic E-state index is 13.1. The molecule has 8 heteroatoms. The number of carbonyl (C=O) groups is 1. The van der Waals surface area contributed by atoms with E-state index >= 15 is 0 Å². The number of amides is 1. The summed E-state index contributed by atoms with van der Waals surface area (Å²) in [5, 5.41) is 12.9. The summed E-state index contributed by atoms with van der Waals surface area (Å²) in [6, 6.07) is 13.7. The van der Waals surface area contributed by atoms with Gasteiger partial charge in [-0.25, -0.2) is 12.8 Å². The Morgan fingerprint density at radius 1 is 1.18 bits per heavy atom. The first-order chi connectivity index (χ1) is 13.4. The lowest BCUT2D eigenvalue weighted by Crippen LogP contribution is -2.46.